The predicted octanol–water partition coefficient (Wildman–Crippen LogP) is 10.5. The topological polar surface area (TPSA) is 156 Å². The number of amides is 1. The minimum absolute atomic E-state index is 0.0276. The maximum atomic E-state index is 14.4. The van der Waals surface area contributed by atoms with E-state index >= 15 is 0 Å². The van der Waals surface area contributed by atoms with Gasteiger partial charge in [-0.3, -0.25) is 9.36 Å². The Bertz CT molecular complexity index is 2440. The third-order valence-electron chi connectivity index (χ3n) is 12.4. The molecule has 1 aliphatic rings. The van der Waals surface area contributed by atoms with Crippen molar-refractivity contribution in [1.29, 1.82) is 5.26 Å². The number of ether oxygens (including phenoxy) is 4. The van der Waals surface area contributed by atoms with E-state index in [2.05, 4.69) is 82.6 Å². The molecule has 0 spiro atoms. The predicted molar refractivity (Wildman–Crippen MR) is 267 cm³/mol. The molecule has 0 aliphatic carbocycles. The number of aromatic nitrogens is 2. The van der Waals surface area contributed by atoms with E-state index in [-0.39, 0.29) is 42.6 Å². The first-order chi connectivity index (χ1) is 32.4. The lowest BCUT2D eigenvalue weighted by atomic mass is 9.80. The minimum atomic E-state index is -2.68. The molecule has 1 fully saturated rings. The second kappa shape index (κ2) is 22.9. The van der Waals surface area contributed by atoms with E-state index in [1.165, 1.54) is 4.57 Å². The fourth-order valence-electron chi connectivity index (χ4n) is 7.97. The second-order valence-corrected chi connectivity index (χ2v) is 24.8. The number of carbonyl (C=O) groups excluding carboxylic acids is 1. The summed E-state index contributed by atoms with van der Waals surface area (Å²) in [4.78, 5) is 31.9. The van der Waals surface area contributed by atoms with Gasteiger partial charge in [-0.1, -0.05) is 93.6 Å². The molecule has 14 nitrogen and oxygen atoms in total. The molecule has 1 aromatic heterocycles. The fourth-order valence-corrected chi connectivity index (χ4v) is 11.0. The Hall–Kier alpha value is -5.27. The third kappa shape index (κ3) is 11.9. The van der Waals surface area contributed by atoms with Crippen LogP contribution in [0.3, 0.4) is 0 Å². The Balaban J connectivity index is 1.52. The number of nitrogens with zero attached hydrogens (tertiary/aromatic N) is 4. The molecule has 5 unspecified atom stereocenters. The molecule has 0 saturated carbocycles. The molecule has 6 rings (SSSR count). The molecule has 1 aliphatic heterocycles. The fraction of sp³-hybridized carbons (Fsp3) is 0.423. The van der Waals surface area contributed by atoms with E-state index in [4.69, 9.17) is 32.4 Å². The maximum absolute atomic E-state index is 14.4. The van der Waals surface area contributed by atoms with Crippen molar-refractivity contribution in [3.8, 4) is 17.6 Å². The quantitative estimate of drug-likeness (QED) is 0.0322. The van der Waals surface area contributed by atoms with Crippen LogP contribution < -0.4 is 20.5 Å². The Morgan fingerprint density at radius 3 is 1.88 bits per heavy atom. The van der Waals surface area contributed by atoms with Gasteiger partial charge < -0.3 is 37.7 Å². The minimum Gasteiger partial charge on any atom is -0.497 e. The van der Waals surface area contributed by atoms with Crippen LogP contribution in [0.25, 0.3) is 0 Å². The molecule has 2 heterocycles. The SMILES string of the molecule is COc1ccc(C(OCC2OC(n3ccc(NC(=O)c4ccccc4)nc3=O)C(OP(OCCC#N)N(C(C)C)C(C)C)C2O[Si](C)(C)C(C)(C)C)(c2ccccc2)c2ccc(OC)cc2)cc1. The Kier molecular flexibility index (Phi) is 17.5. The molecule has 362 valence electrons. The molecule has 5 atom stereocenters. The van der Waals surface area contributed by atoms with Gasteiger partial charge in [0, 0.05) is 23.8 Å². The summed E-state index contributed by atoms with van der Waals surface area (Å²) in [7, 11) is -1.30. The average molecular weight is 964 g/mol. The molecule has 1 saturated heterocycles. The second-order valence-electron chi connectivity index (χ2n) is 18.7. The van der Waals surface area contributed by atoms with Gasteiger partial charge in [0.2, 0.25) is 0 Å². The summed E-state index contributed by atoms with van der Waals surface area (Å²) in [6.07, 6.45) is -2.05. The van der Waals surface area contributed by atoms with Crippen LogP contribution in [-0.2, 0) is 28.5 Å². The standard InChI is InChI=1S/C52H66N5O9PSi/c1-36(2)57(37(3)4)67(63-34-18-32-53)65-47-46(66-68(10,11)51(5,6)7)44(64-49(47)56-33-31-45(55-50(56)59)54-48(58)38-19-14-12-15-20-38)35-62-52(39-21-16-13-17-22-39,40-23-27-42(60-8)28-24-40)41-25-29-43(61-9)30-26-41/h12-17,19-31,33,36-37,44,46-47,49H,18,34-35H2,1-11H3,(H,54,55,58,59). The van der Waals surface area contributed by atoms with Gasteiger partial charge >= 0.3 is 5.69 Å². The lowest BCUT2D eigenvalue weighted by Crippen LogP contribution is -2.51. The summed E-state index contributed by atoms with van der Waals surface area (Å²) in [5.74, 6) is 1.03. The summed E-state index contributed by atoms with van der Waals surface area (Å²) in [5, 5.41) is 12.1. The molecular weight excluding hydrogens is 898 g/mol. The smallest absolute Gasteiger partial charge is 0.351 e. The van der Waals surface area contributed by atoms with E-state index in [1.54, 1.807) is 50.7 Å². The van der Waals surface area contributed by atoms with Crippen LogP contribution in [0.5, 0.6) is 11.5 Å². The van der Waals surface area contributed by atoms with Gasteiger partial charge in [-0.25, -0.2) is 9.46 Å². The summed E-state index contributed by atoms with van der Waals surface area (Å²) in [6.45, 7) is 19.1. The van der Waals surface area contributed by atoms with Gasteiger partial charge in [0.15, 0.2) is 14.5 Å². The number of anilines is 1. The summed E-state index contributed by atoms with van der Waals surface area (Å²) < 4.78 is 50.5. The molecule has 0 bridgehead atoms. The lowest BCUT2D eigenvalue weighted by molar-refractivity contribution is -0.0944. The first-order valence-corrected chi connectivity index (χ1v) is 27.0. The number of hydrogen-bond acceptors (Lipinski definition) is 12. The zero-order chi connectivity index (χ0) is 49.2. The van der Waals surface area contributed by atoms with Crippen LogP contribution in [0, 0.1) is 11.3 Å². The molecule has 0 radical (unpaired) electrons. The molecule has 1 amide bonds. The Morgan fingerprint density at radius 1 is 0.838 bits per heavy atom. The van der Waals surface area contributed by atoms with Crippen LogP contribution in [-0.4, -0.2) is 86.3 Å². The van der Waals surface area contributed by atoms with Gasteiger partial charge in [-0.15, -0.1) is 0 Å². The van der Waals surface area contributed by atoms with Crippen molar-refractivity contribution in [2.24, 2.45) is 0 Å². The molecule has 16 heteroatoms. The van der Waals surface area contributed by atoms with Crippen molar-refractivity contribution in [2.75, 3.05) is 32.8 Å². The number of hydrogen-bond donors (Lipinski definition) is 1. The Labute approximate surface area is 403 Å². The van der Waals surface area contributed by atoms with Crippen molar-refractivity contribution in [3.63, 3.8) is 0 Å². The highest BCUT2D eigenvalue weighted by atomic mass is 31.2. The summed E-state index contributed by atoms with van der Waals surface area (Å²) in [6, 6.07) is 38.0. The molecule has 4 aromatic carbocycles. The molecule has 5 aromatic rings. The first kappa shape index (κ1) is 52.1. The van der Waals surface area contributed by atoms with E-state index in [0.717, 1.165) is 16.7 Å². The van der Waals surface area contributed by atoms with E-state index < -0.39 is 58.6 Å². The average Bonchev–Trinajstić information content (AvgIpc) is 3.64. The molecule has 68 heavy (non-hydrogen) atoms. The van der Waals surface area contributed by atoms with Crippen molar-refractivity contribution in [2.45, 2.75) is 115 Å². The molecule has 1 N–H and O–H groups in total. The maximum Gasteiger partial charge on any atom is 0.351 e. The highest BCUT2D eigenvalue weighted by Crippen LogP contribution is 2.52. The number of nitrogens with one attached hydrogen (secondary N) is 1. The monoisotopic (exact) mass is 963 g/mol. The van der Waals surface area contributed by atoms with Crippen LogP contribution in [0.2, 0.25) is 18.1 Å². The van der Waals surface area contributed by atoms with Crippen molar-refractivity contribution < 1.29 is 37.2 Å². The Morgan fingerprint density at radius 2 is 1.38 bits per heavy atom. The van der Waals surface area contributed by atoms with Crippen LogP contribution in [0.15, 0.2) is 126 Å². The normalized spacial score (nSPS) is 18.1. The molecular formula is C52H66N5O9PSi. The largest absolute Gasteiger partial charge is 0.497 e. The van der Waals surface area contributed by atoms with Gasteiger partial charge in [0.25, 0.3) is 14.4 Å². The lowest BCUT2D eigenvalue weighted by Gasteiger charge is -2.43. The van der Waals surface area contributed by atoms with Crippen molar-refractivity contribution in [3.05, 3.63) is 154 Å². The van der Waals surface area contributed by atoms with Gasteiger partial charge in [0.05, 0.1) is 39.9 Å². The third-order valence-corrected chi connectivity index (χ3v) is 19.0. The van der Waals surface area contributed by atoms with Gasteiger partial charge in [-0.2, -0.15) is 10.2 Å². The number of carbonyl (C=O) groups is 1. The highest BCUT2D eigenvalue weighted by molar-refractivity contribution is 7.44. The summed E-state index contributed by atoms with van der Waals surface area (Å²) >= 11 is 0. The number of rotatable bonds is 21. The number of benzene rings is 4. The first-order valence-electron chi connectivity index (χ1n) is 23.0. The zero-order valence-electron chi connectivity index (χ0n) is 41.0. The van der Waals surface area contributed by atoms with E-state index in [9.17, 15) is 14.9 Å². The number of methoxy groups -OCH3 is 2. The zero-order valence-corrected chi connectivity index (χ0v) is 42.9. The van der Waals surface area contributed by atoms with Crippen molar-refractivity contribution >= 4 is 28.6 Å². The van der Waals surface area contributed by atoms with Crippen molar-refractivity contribution in [1.82, 2.24) is 14.2 Å². The number of nitriles is 1. The summed E-state index contributed by atoms with van der Waals surface area (Å²) in [5.41, 5.74) is 1.02. The highest BCUT2D eigenvalue weighted by Gasteiger charge is 2.54. The van der Waals surface area contributed by atoms with E-state index in [0.29, 0.717) is 17.1 Å². The van der Waals surface area contributed by atoms with Crippen LogP contribution >= 0.6 is 8.53 Å². The van der Waals surface area contributed by atoms with Crippen LogP contribution in [0.1, 0.15) is 88.2 Å². The van der Waals surface area contributed by atoms with Gasteiger partial charge in [-0.05, 0) is 105 Å². The van der Waals surface area contributed by atoms with Gasteiger partial charge in [0.1, 0.15) is 41.2 Å². The van der Waals surface area contributed by atoms with Crippen LogP contribution in [0.4, 0.5) is 5.82 Å². The van der Waals surface area contributed by atoms with E-state index in [1.807, 2.05) is 84.9 Å².